The topological polar surface area (TPSA) is 52.6 Å². The van der Waals surface area contributed by atoms with Gasteiger partial charge < -0.3 is 0 Å². The van der Waals surface area contributed by atoms with Gasteiger partial charge in [-0.25, -0.2) is 0 Å². The van der Waals surface area contributed by atoms with Crippen LogP contribution in [0.2, 0.25) is 0 Å². The molecule has 2 aromatic carbocycles. The van der Waals surface area contributed by atoms with Gasteiger partial charge >= 0.3 is 155 Å². The molecule has 0 radical (unpaired) electrons. The quantitative estimate of drug-likeness (QED) is 0.639. The van der Waals surface area contributed by atoms with Crippen molar-refractivity contribution in [3.8, 4) is 11.5 Å². The first-order chi connectivity index (χ1) is 12.0. The van der Waals surface area contributed by atoms with Crippen molar-refractivity contribution in [3.05, 3.63) is 58.7 Å². The average Bonchev–Trinajstić information content (AvgIpc) is 2.66. The molecule has 132 valence electrons. The minimum atomic E-state index is -2.09. The molecule has 0 atom stereocenters. The summed E-state index contributed by atoms with van der Waals surface area (Å²) in [6, 6.07) is 10.6. The van der Waals surface area contributed by atoms with Gasteiger partial charge in [0.15, 0.2) is 0 Å². The maximum absolute atomic E-state index is 12.8. The second-order valence-corrected chi connectivity index (χ2v) is 9.17. The molecule has 0 unspecified atom stereocenters. The van der Waals surface area contributed by atoms with Crippen LogP contribution in [0.1, 0.15) is 45.7 Å². The number of ether oxygens (including phenoxy) is 2. The molecule has 5 heteroatoms. The van der Waals surface area contributed by atoms with Crippen molar-refractivity contribution >= 4 is 24.7 Å². The first kappa shape index (κ1) is 19.3. The summed E-state index contributed by atoms with van der Waals surface area (Å²) in [5.74, 6) is 1.51. The molecule has 25 heavy (non-hydrogen) atoms. The number of hydrogen-bond acceptors (Lipinski definition) is 4. The Morgan fingerprint density at radius 3 is 2.00 bits per heavy atom. The second kappa shape index (κ2) is 8.85. The molecule has 0 heterocycles. The maximum atomic E-state index is 12.8. The fraction of sp³-hybridized carbons (Fsp3) is 0.300. The van der Waals surface area contributed by atoms with Crippen molar-refractivity contribution in [2.75, 3.05) is 14.2 Å². The van der Waals surface area contributed by atoms with Crippen LogP contribution in [0.3, 0.4) is 0 Å². The van der Waals surface area contributed by atoms with Crippen LogP contribution in [0.15, 0.2) is 36.4 Å². The molecule has 0 fully saturated rings. The van der Waals surface area contributed by atoms with Crippen LogP contribution in [0.4, 0.5) is 0 Å². The molecule has 0 aliphatic heterocycles. The van der Waals surface area contributed by atoms with E-state index >= 15 is 0 Å². The van der Waals surface area contributed by atoms with Crippen LogP contribution in [0, 0.1) is 0 Å². The molecule has 0 saturated carbocycles. The van der Waals surface area contributed by atoms with E-state index in [-0.39, 0.29) is 9.23 Å². The normalized spacial score (nSPS) is 10.9. The third kappa shape index (κ3) is 4.31. The molecule has 0 amide bonds. The van der Waals surface area contributed by atoms with E-state index in [1.807, 2.05) is 19.1 Å². The predicted molar refractivity (Wildman–Crippen MR) is 102 cm³/mol. The minimum absolute atomic E-state index is 0.00364. The zero-order chi connectivity index (χ0) is 18.4. The Morgan fingerprint density at radius 2 is 1.48 bits per heavy atom. The van der Waals surface area contributed by atoms with Gasteiger partial charge in [0.1, 0.15) is 0 Å². The summed E-state index contributed by atoms with van der Waals surface area (Å²) in [6.45, 7) is 4.08. The summed E-state index contributed by atoms with van der Waals surface area (Å²) in [4.78, 5) is 25.3. The van der Waals surface area contributed by atoms with Gasteiger partial charge in [0.2, 0.25) is 0 Å². The van der Waals surface area contributed by atoms with Crippen molar-refractivity contribution in [2.45, 2.75) is 26.7 Å². The number of rotatable bonds is 8. The molecule has 0 spiro atoms. The van der Waals surface area contributed by atoms with Crippen molar-refractivity contribution in [2.24, 2.45) is 0 Å². The van der Waals surface area contributed by atoms with Gasteiger partial charge in [-0.2, -0.15) is 0 Å². The molecule has 2 rings (SSSR count). The van der Waals surface area contributed by atoms with Crippen LogP contribution < -0.4 is 9.47 Å². The molecular formula is C20H24GeO4. The van der Waals surface area contributed by atoms with E-state index in [0.29, 0.717) is 16.9 Å². The summed E-state index contributed by atoms with van der Waals surface area (Å²) >= 11 is -2.09. The Kier molecular flexibility index (Phi) is 6.82. The van der Waals surface area contributed by atoms with E-state index in [1.165, 1.54) is 0 Å². The third-order valence-corrected chi connectivity index (χ3v) is 7.35. The van der Waals surface area contributed by atoms with Gasteiger partial charge in [-0.1, -0.05) is 0 Å². The predicted octanol–water partition coefficient (Wildman–Crippen LogP) is 2.98. The van der Waals surface area contributed by atoms with E-state index in [4.69, 9.17) is 9.47 Å². The van der Waals surface area contributed by atoms with Gasteiger partial charge in [-0.05, 0) is 0 Å². The Labute approximate surface area is 155 Å². The zero-order valence-corrected chi connectivity index (χ0v) is 18.2. The van der Waals surface area contributed by atoms with Crippen LogP contribution in [-0.4, -0.2) is 38.9 Å². The Morgan fingerprint density at radius 1 is 0.840 bits per heavy atom. The Bertz CT molecular complexity index is 766. The monoisotopic (exact) mass is 402 g/mol. The number of carbonyl (C=O) groups excluding carboxylic acids is 2. The Balaban J connectivity index is 2.26. The van der Waals surface area contributed by atoms with E-state index in [9.17, 15) is 9.59 Å². The molecule has 0 aliphatic rings. The second-order valence-electron chi connectivity index (χ2n) is 5.73. The molecular weight excluding hydrogens is 377 g/mol. The summed E-state index contributed by atoms with van der Waals surface area (Å²) < 4.78 is 10.5. The van der Waals surface area contributed by atoms with Crippen LogP contribution in [-0.2, 0) is 12.8 Å². The number of carbonyl (C=O) groups is 2. The van der Waals surface area contributed by atoms with E-state index < -0.39 is 15.4 Å². The van der Waals surface area contributed by atoms with E-state index in [1.54, 1.807) is 38.5 Å². The Hall–Kier alpha value is -2.08. The van der Waals surface area contributed by atoms with E-state index in [2.05, 4.69) is 6.92 Å². The number of benzene rings is 2. The molecule has 0 bridgehead atoms. The summed E-state index contributed by atoms with van der Waals surface area (Å²) in [5.41, 5.74) is 3.37. The number of methoxy groups -OCH3 is 2. The fourth-order valence-electron chi connectivity index (χ4n) is 3.04. The van der Waals surface area contributed by atoms with Gasteiger partial charge in [0, 0.05) is 0 Å². The first-order valence-electron chi connectivity index (χ1n) is 8.44. The van der Waals surface area contributed by atoms with E-state index in [0.717, 1.165) is 29.7 Å². The first-order valence-corrected chi connectivity index (χ1v) is 11.4. The average molecular weight is 401 g/mol. The van der Waals surface area contributed by atoms with Crippen molar-refractivity contribution in [1.29, 1.82) is 0 Å². The van der Waals surface area contributed by atoms with Gasteiger partial charge in [0.05, 0.1) is 0 Å². The third-order valence-electron chi connectivity index (χ3n) is 4.35. The van der Waals surface area contributed by atoms with Crippen LogP contribution >= 0.6 is 0 Å². The van der Waals surface area contributed by atoms with Gasteiger partial charge in [-0.3, -0.25) is 0 Å². The fourth-order valence-corrected chi connectivity index (χ4v) is 5.66. The van der Waals surface area contributed by atoms with Crippen molar-refractivity contribution in [3.63, 3.8) is 0 Å². The van der Waals surface area contributed by atoms with Crippen molar-refractivity contribution < 1.29 is 19.1 Å². The van der Waals surface area contributed by atoms with Crippen LogP contribution in [0.25, 0.3) is 0 Å². The van der Waals surface area contributed by atoms with Gasteiger partial charge in [-0.15, -0.1) is 0 Å². The molecule has 0 saturated heterocycles. The summed E-state index contributed by atoms with van der Waals surface area (Å²) in [6.07, 6.45) is 1.55. The van der Waals surface area contributed by atoms with Gasteiger partial charge in [0.25, 0.3) is 0 Å². The molecule has 2 aromatic rings. The SMILES string of the molecule is CCc1c(OC)ccc([C](=O)[GeH2][C](=O)c2ccc(OC)cc2)c1CC. The summed E-state index contributed by atoms with van der Waals surface area (Å²) in [7, 11) is 3.22. The molecule has 0 aliphatic carbocycles. The zero-order valence-electron chi connectivity index (χ0n) is 15.2. The van der Waals surface area contributed by atoms with Crippen LogP contribution in [0.5, 0.6) is 11.5 Å². The standard InChI is InChI=1S/C20H24GeO4/c1-5-15-16(6-2)18(25-4)12-11-17(15)20(23)21-19(22)13-7-9-14(24-3)10-8-13/h7-12H,5-6,21H2,1-4H3. The molecule has 4 nitrogen and oxygen atoms in total. The molecule has 0 aromatic heterocycles. The summed E-state index contributed by atoms with van der Waals surface area (Å²) in [5, 5.41) is 0. The van der Waals surface area contributed by atoms with Crippen molar-refractivity contribution in [1.82, 2.24) is 0 Å². The number of hydrogen-bond donors (Lipinski definition) is 0. The molecule has 0 N–H and O–H groups in total.